The Labute approximate surface area is 112 Å². The van der Waals surface area contributed by atoms with Gasteiger partial charge in [0.1, 0.15) is 11.3 Å². The quantitative estimate of drug-likeness (QED) is 0.915. The molecule has 0 bridgehead atoms. The lowest BCUT2D eigenvalue weighted by atomic mass is 10.2. The molecule has 0 radical (unpaired) electrons. The van der Waals surface area contributed by atoms with E-state index >= 15 is 0 Å². The van der Waals surface area contributed by atoms with Crippen LogP contribution in [0.1, 0.15) is 48.8 Å². The van der Waals surface area contributed by atoms with Gasteiger partial charge in [0, 0.05) is 12.5 Å². The summed E-state index contributed by atoms with van der Waals surface area (Å²) in [4.78, 5) is 15.9. The van der Waals surface area contributed by atoms with Crippen LogP contribution in [0.15, 0.2) is 18.2 Å². The molecule has 3 rings (SSSR count). The van der Waals surface area contributed by atoms with Gasteiger partial charge in [0.2, 0.25) is 0 Å². The second-order valence-electron chi connectivity index (χ2n) is 5.66. The highest BCUT2D eigenvalue weighted by Gasteiger charge is 2.26. The van der Waals surface area contributed by atoms with Crippen LogP contribution in [0.5, 0.6) is 0 Å². The molecule has 1 aliphatic rings. The lowest BCUT2D eigenvalue weighted by molar-refractivity contribution is 0.0699. The molecule has 0 unspecified atom stereocenters. The molecule has 4 heteroatoms. The van der Waals surface area contributed by atoms with E-state index in [1.807, 2.05) is 6.07 Å². The first-order valence-electron chi connectivity index (χ1n) is 6.80. The van der Waals surface area contributed by atoms with Gasteiger partial charge in [-0.05, 0) is 30.9 Å². The van der Waals surface area contributed by atoms with Crippen LogP contribution in [0, 0.1) is 5.92 Å². The van der Waals surface area contributed by atoms with E-state index in [1.54, 1.807) is 12.1 Å². The average molecular weight is 258 g/mol. The maximum Gasteiger partial charge on any atom is 0.337 e. The van der Waals surface area contributed by atoms with Crippen molar-refractivity contribution in [2.75, 3.05) is 0 Å². The van der Waals surface area contributed by atoms with E-state index in [1.165, 1.54) is 12.8 Å². The molecule has 1 aliphatic carbocycles. The molecule has 1 aromatic carbocycles. The summed E-state index contributed by atoms with van der Waals surface area (Å²) >= 11 is 0. The summed E-state index contributed by atoms with van der Waals surface area (Å²) in [6, 6.07) is 5.41. The molecule has 100 valence electrons. The summed E-state index contributed by atoms with van der Waals surface area (Å²) in [5, 5.41) is 9.27. The van der Waals surface area contributed by atoms with Gasteiger partial charge in [0.15, 0.2) is 0 Å². The molecule has 2 aromatic rings. The van der Waals surface area contributed by atoms with Crippen molar-refractivity contribution in [1.82, 2.24) is 9.55 Å². The van der Waals surface area contributed by atoms with E-state index in [-0.39, 0.29) is 0 Å². The summed E-state index contributed by atoms with van der Waals surface area (Å²) < 4.78 is 2.21. The van der Waals surface area contributed by atoms with E-state index < -0.39 is 5.97 Å². The van der Waals surface area contributed by atoms with Gasteiger partial charge in [-0.2, -0.15) is 0 Å². The molecule has 0 saturated heterocycles. The van der Waals surface area contributed by atoms with Gasteiger partial charge >= 0.3 is 5.97 Å². The highest BCUT2D eigenvalue weighted by atomic mass is 16.4. The Hall–Kier alpha value is -1.84. The van der Waals surface area contributed by atoms with Gasteiger partial charge in [0.25, 0.3) is 0 Å². The third kappa shape index (κ3) is 2.11. The molecule has 1 saturated carbocycles. The number of para-hydroxylation sites is 1. The molecule has 19 heavy (non-hydrogen) atoms. The Morgan fingerprint density at radius 2 is 2.21 bits per heavy atom. The van der Waals surface area contributed by atoms with Crippen LogP contribution >= 0.6 is 0 Å². The van der Waals surface area contributed by atoms with E-state index in [9.17, 15) is 9.90 Å². The van der Waals surface area contributed by atoms with Crippen molar-refractivity contribution in [1.29, 1.82) is 0 Å². The fourth-order valence-corrected chi connectivity index (χ4v) is 2.53. The highest BCUT2D eigenvalue weighted by Crippen LogP contribution is 2.34. The lowest BCUT2D eigenvalue weighted by Gasteiger charge is -2.10. The van der Waals surface area contributed by atoms with E-state index in [4.69, 9.17) is 0 Å². The largest absolute Gasteiger partial charge is 0.478 e. The number of aromatic carboxylic acids is 1. The zero-order chi connectivity index (χ0) is 13.6. The molecule has 0 spiro atoms. The third-order valence-corrected chi connectivity index (χ3v) is 3.69. The van der Waals surface area contributed by atoms with Crippen molar-refractivity contribution in [3.8, 4) is 0 Å². The fourth-order valence-electron chi connectivity index (χ4n) is 2.53. The Morgan fingerprint density at radius 1 is 1.47 bits per heavy atom. The van der Waals surface area contributed by atoms with Crippen molar-refractivity contribution in [2.24, 2.45) is 5.92 Å². The predicted molar refractivity (Wildman–Crippen MR) is 73.5 cm³/mol. The molecule has 0 atom stereocenters. The predicted octanol–water partition coefficient (Wildman–Crippen LogP) is 3.27. The van der Waals surface area contributed by atoms with Gasteiger partial charge in [0.05, 0.1) is 11.1 Å². The minimum absolute atomic E-state index is 0.299. The standard InChI is InChI=1S/C15H18N2O2/c1-9(2)14-16-13-11(15(18)19)4-3-5-12(13)17(14)8-10-6-7-10/h3-5,9-10H,6-8H2,1-2H3,(H,18,19). The second-order valence-corrected chi connectivity index (χ2v) is 5.66. The molecule has 0 amide bonds. The van der Waals surface area contributed by atoms with Crippen LogP contribution in [0.3, 0.4) is 0 Å². The average Bonchev–Trinajstić information content (AvgIpc) is 3.09. The molecule has 1 fully saturated rings. The molecule has 4 nitrogen and oxygen atoms in total. The van der Waals surface area contributed by atoms with E-state index in [0.717, 1.165) is 23.8 Å². The summed E-state index contributed by atoms with van der Waals surface area (Å²) in [6.07, 6.45) is 2.55. The van der Waals surface area contributed by atoms with E-state index in [2.05, 4.69) is 23.4 Å². The summed E-state index contributed by atoms with van der Waals surface area (Å²) in [7, 11) is 0. The first-order chi connectivity index (χ1) is 9.08. The van der Waals surface area contributed by atoms with Gasteiger partial charge in [-0.15, -0.1) is 0 Å². The maximum atomic E-state index is 11.3. The smallest absolute Gasteiger partial charge is 0.337 e. The fraction of sp³-hybridized carbons (Fsp3) is 0.467. The minimum Gasteiger partial charge on any atom is -0.478 e. The Morgan fingerprint density at radius 3 is 2.79 bits per heavy atom. The minimum atomic E-state index is -0.906. The van der Waals surface area contributed by atoms with Gasteiger partial charge in [-0.3, -0.25) is 0 Å². The van der Waals surface area contributed by atoms with Crippen LogP contribution in [-0.4, -0.2) is 20.6 Å². The first kappa shape index (κ1) is 12.2. The monoisotopic (exact) mass is 258 g/mol. The SMILES string of the molecule is CC(C)c1nc2c(C(=O)O)cccc2n1CC1CC1. The number of hydrogen-bond acceptors (Lipinski definition) is 2. The van der Waals surface area contributed by atoms with Crippen molar-refractivity contribution < 1.29 is 9.90 Å². The number of carboxylic acids is 1. The maximum absolute atomic E-state index is 11.3. The van der Waals surface area contributed by atoms with Gasteiger partial charge in [-0.1, -0.05) is 19.9 Å². The number of nitrogens with zero attached hydrogens (tertiary/aromatic N) is 2. The number of aromatic nitrogens is 2. The molecule has 1 N–H and O–H groups in total. The molecule has 1 heterocycles. The van der Waals surface area contributed by atoms with Crippen molar-refractivity contribution in [3.05, 3.63) is 29.6 Å². The normalized spacial score (nSPS) is 15.3. The van der Waals surface area contributed by atoms with Crippen LogP contribution in [0.4, 0.5) is 0 Å². The molecular formula is C15H18N2O2. The molecule has 1 aromatic heterocycles. The molecular weight excluding hydrogens is 240 g/mol. The number of hydrogen-bond donors (Lipinski definition) is 1. The number of benzene rings is 1. The van der Waals surface area contributed by atoms with E-state index in [0.29, 0.717) is 17.0 Å². The number of carbonyl (C=O) groups is 1. The van der Waals surface area contributed by atoms with Crippen LogP contribution in [0.25, 0.3) is 11.0 Å². The van der Waals surface area contributed by atoms with Crippen molar-refractivity contribution in [3.63, 3.8) is 0 Å². The summed E-state index contributed by atoms with van der Waals surface area (Å²) in [5.74, 6) is 1.13. The van der Waals surface area contributed by atoms with Crippen molar-refractivity contribution in [2.45, 2.75) is 39.2 Å². The Kier molecular flexibility index (Phi) is 2.81. The van der Waals surface area contributed by atoms with Crippen LogP contribution in [0.2, 0.25) is 0 Å². The zero-order valence-corrected chi connectivity index (χ0v) is 11.3. The number of imidazole rings is 1. The van der Waals surface area contributed by atoms with Gasteiger partial charge < -0.3 is 9.67 Å². The second kappa shape index (κ2) is 4.37. The van der Waals surface area contributed by atoms with Crippen molar-refractivity contribution >= 4 is 17.0 Å². The summed E-state index contributed by atoms with van der Waals surface area (Å²) in [6.45, 7) is 5.17. The van der Waals surface area contributed by atoms with Crippen LogP contribution < -0.4 is 0 Å². The topological polar surface area (TPSA) is 55.1 Å². The molecule has 0 aliphatic heterocycles. The first-order valence-corrected chi connectivity index (χ1v) is 6.80. The number of fused-ring (bicyclic) bond motifs is 1. The highest BCUT2D eigenvalue weighted by molar-refractivity contribution is 6.01. The Bertz CT molecular complexity index is 639. The van der Waals surface area contributed by atoms with Gasteiger partial charge in [-0.25, -0.2) is 9.78 Å². The third-order valence-electron chi connectivity index (χ3n) is 3.69. The zero-order valence-electron chi connectivity index (χ0n) is 11.3. The Balaban J connectivity index is 2.22. The number of rotatable bonds is 4. The van der Waals surface area contributed by atoms with Crippen LogP contribution in [-0.2, 0) is 6.54 Å². The lowest BCUT2D eigenvalue weighted by Crippen LogP contribution is -2.06. The summed E-state index contributed by atoms with van der Waals surface area (Å²) in [5.41, 5.74) is 1.88. The number of carboxylic acid groups (broad SMARTS) is 1.